The quantitative estimate of drug-likeness (QED) is 0.539. The Morgan fingerprint density at radius 2 is 1.70 bits per heavy atom. The maximum absolute atomic E-state index is 13.4. The first kappa shape index (κ1) is 26.0. The molecule has 3 fully saturated rings. The van der Waals surface area contributed by atoms with Crippen LogP contribution in [0.1, 0.15) is 84.0 Å². The van der Waals surface area contributed by atoms with Crippen molar-refractivity contribution in [2.24, 2.45) is 11.8 Å². The van der Waals surface area contributed by atoms with E-state index in [0.717, 1.165) is 25.8 Å². The van der Waals surface area contributed by atoms with E-state index in [1.165, 1.54) is 51.4 Å². The van der Waals surface area contributed by atoms with E-state index in [2.05, 4.69) is 23.2 Å². The molecule has 1 heterocycles. The van der Waals surface area contributed by atoms with Gasteiger partial charge in [-0.25, -0.2) is 0 Å². The second-order valence-electron chi connectivity index (χ2n) is 10.2. The van der Waals surface area contributed by atoms with Crippen LogP contribution in [0.5, 0.6) is 0 Å². The molecule has 3 rings (SSSR count). The summed E-state index contributed by atoms with van der Waals surface area (Å²) >= 11 is 0. The van der Waals surface area contributed by atoms with Gasteiger partial charge in [-0.15, -0.1) is 0 Å². The lowest BCUT2D eigenvalue weighted by molar-refractivity contribution is -0.140. The van der Waals surface area contributed by atoms with E-state index in [0.29, 0.717) is 44.8 Å². The Balaban J connectivity index is 1.60. The van der Waals surface area contributed by atoms with Gasteiger partial charge in [-0.3, -0.25) is 14.5 Å². The van der Waals surface area contributed by atoms with Crippen LogP contribution in [0.15, 0.2) is 0 Å². The predicted molar refractivity (Wildman–Crippen MR) is 128 cm³/mol. The Kier molecular flexibility index (Phi) is 10.9. The van der Waals surface area contributed by atoms with Crippen LogP contribution in [0.2, 0.25) is 0 Å². The molecule has 0 aromatic heterocycles. The first-order chi connectivity index (χ1) is 16.1. The Morgan fingerprint density at radius 3 is 2.30 bits per heavy atom. The van der Waals surface area contributed by atoms with Gasteiger partial charge in [0.2, 0.25) is 11.8 Å². The van der Waals surface area contributed by atoms with Crippen molar-refractivity contribution in [3.63, 3.8) is 0 Å². The Hall–Kier alpha value is -1.65. The Labute approximate surface area is 200 Å². The predicted octanol–water partition coefficient (Wildman–Crippen LogP) is 3.48. The zero-order chi connectivity index (χ0) is 23.5. The number of nitriles is 1. The molecule has 7 heteroatoms. The van der Waals surface area contributed by atoms with Crippen molar-refractivity contribution in [2.75, 3.05) is 39.4 Å². The van der Waals surface area contributed by atoms with E-state index < -0.39 is 6.04 Å². The van der Waals surface area contributed by atoms with Crippen LogP contribution < -0.4 is 5.32 Å². The SMILES string of the molecule is CCN(CC(C#N)NC(=O)C(CC(=O)N1CCOCC1)CC1CCCCC1)C1CCCCC1. The number of carbonyl (C=O) groups excluding carboxylic acids is 2. The van der Waals surface area contributed by atoms with Gasteiger partial charge in [0, 0.05) is 38.0 Å². The average Bonchev–Trinajstić information content (AvgIpc) is 2.87. The number of carbonyl (C=O) groups is 2. The summed E-state index contributed by atoms with van der Waals surface area (Å²) < 4.78 is 5.37. The molecule has 2 unspecified atom stereocenters. The van der Waals surface area contributed by atoms with Crippen molar-refractivity contribution in [3.8, 4) is 6.07 Å². The van der Waals surface area contributed by atoms with Gasteiger partial charge < -0.3 is 15.0 Å². The van der Waals surface area contributed by atoms with E-state index >= 15 is 0 Å². The topological polar surface area (TPSA) is 85.7 Å². The molecule has 2 atom stereocenters. The van der Waals surface area contributed by atoms with Crippen molar-refractivity contribution in [3.05, 3.63) is 0 Å². The molecule has 0 spiro atoms. The lowest BCUT2D eigenvalue weighted by Crippen LogP contribution is -2.49. The van der Waals surface area contributed by atoms with Gasteiger partial charge in [0.05, 0.1) is 19.3 Å². The van der Waals surface area contributed by atoms with E-state index in [9.17, 15) is 14.9 Å². The van der Waals surface area contributed by atoms with Crippen LogP contribution in [0, 0.1) is 23.2 Å². The third kappa shape index (κ3) is 8.26. The maximum atomic E-state index is 13.4. The lowest BCUT2D eigenvalue weighted by atomic mass is 9.81. The van der Waals surface area contributed by atoms with Gasteiger partial charge in [0.25, 0.3) is 0 Å². The van der Waals surface area contributed by atoms with Crippen LogP contribution in [-0.2, 0) is 14.3 Å². The van der Waals surface area contributed by atoms with E-state index in [-0.39, 0.29) is 24.2 Å². The molecule has 186 valence electrons. The van der Waals surface area contributed by atoms with Gasteiger partial charge in [0.1, 0.15) is 6.04 Å². The summed E-state index contributed by atoms with van der Waals surface area (Å²) in [6, 6.07) is 2.30. The van der Waals surface area contributed by atoms with Gasteiger partial charge in [-0.05, 0) is 31.7 Å². The molecule has 3 aliphatic rings. The fourth-order valence-electron chi connectivity index (χ4n) is 5.89. The number of nitrogens with one attached hydrogen (secondary N) is 1. The normalized spacial score (nSPS) is 22.5. The summed E-state index contributed by atoms with van der Waals surface area (Å²) in [6.45, 7) is 5.93. The molecule has 0 bridgehead atoms. The summed E-state index contributed by atoms with van der Waals surface area (Å²) in [7, 11) is 0. The lowest BCUT2D eigenvalue weighted by Gasteiger charge is -2.35. The summed E-state index contributed by atoms with van der Waals surface area (Å²) in [5, 5.41) is 12.9. The summed E-state index contributed by atoms with van der Waals surface area (Å²) in [5.74, 6) is 0.0690. The largest absolute Gasteiger partial charge is 0.378 e. The first-order valence-electron chi connectivity index (χ1n) is 13.4. The molecular formula is C26H44N4O3. The highest BCUT2D eigenvalue weighted by atomic mass is 16.5. The minimum absolute atomic E-state index is 0.0418. The van der Waals surface area contributed by atoms with Gasteiger partial charge in [0.15, 0.2) is 0 Å². The zero-order valence-electron chi connectivity index (χ0n) is 20.6. The third-order valence-electron chi connectivity index (χ3n) is 7.88. The standard InChI is InChI=1S/C26H44N4O3/c1-2-29(24-11-7-4-8-12-24)20-23(19-27)28-26(32)22(17-21-9-5-3-6-10-21)18-25(31)30-13-15-33-16-14-30/h21-24H,2-18,20H2,1H3,(H,28,32). The zero-order valence-corrected chi connectivity index (χ0v) is 20.6. The van der Waals surface area contributed by atoms with Crippen LogP contribution in [0.25, 0.3) is 0 Å². The second-order valence-corrected chi connectivity index (χ2v) is 10.2. The summed E-state index contributed by atoms with van der Waals surface area (Å²) in [4.78, 5) is 30.5. The fraction of sp³-hybridized carbons (Fsp3) is 0.885. The summed E-state index contributed by atoms with van der Waals surface area (Å²) in [6.07, 6.45) is 13.1. The smallest absolute Gasteiger partial charge is 0.224 e. The second kappa shape index (κ2) is 13.9. The first-order valence-corrected chi connectivity index (χ1v) is 13.4. The molecule has 33 heavy (non-hydrogen) atoms. The van der Waals surface area contributed by atoms with Crippen LogP contribution in [-0.4, -0.2) is 73.1 Å². The molecule has 2 saturated carbocycles. The van der Waals surface area contributed by atoms with Crippen molar-refractivity contribution in [1.29, 1.82) is 5.26 Å². The number of rotatable bonds is 10. The molecule has 0 radical (unpaired) electrons. The maximum Gasteiger partial charge on any atom is 0.224 e. The molecule has 2 amide bonds. The molecule has 0 aromatic carbocycles. The minimum Gasteiger partial charge on any atom is -0.378 e. The Morgan fingerprint density at radius 1 is 1.06 bits per heavy atom. The van der Waals surface area contributed by atoms with E-state index in [4.69, 9.17) is 4.74 Å². The summed E-state index contributed by atoms with van der Waals surface area (Å²) in [5.41, 5.74) is 0. The van der Waals surface area contributed by atoms with Crippen molar-refractivity contribution in [1.82, 2.24) is 15.1 Å². The highest BCUT2D eigenvalue weighted by Crippen LogP contribution is 2.31. The van der Waals surface area contributed by atoms with Gasteiger partial charge >= 0.3 is 0 Å². The number of hydrogen-bond donors (Lipinski definition) is 1. The van der Waals surface area contributed by atoms with Gasteiger partial charge in [-0.2, -0.15) is 5.26 Å². The third-order valence-corrected chi connectivity index (χ3v) is 7.88. The highest BCUT2D eigenvalue weighted by Gasteiger charge is 2.31. The van der Waals surface area contributed by atoms with E-state index in [1.54, 1.807) is 0 Å². The molecule has 1 saturated heterocycles. The number of nitrogens with zero attached hydrogens (tertiary/aromatic N) is 3. The molecular weight excluding hydrogens is 416 g/mol. The Bertz CT molecular complexity index is 646. The van der Waals surface area contributed by atoms with Crippen molar-refractivity contribution >= 4 is 11.8 Å². The van der Waals surface area contributed by atoms with Crippen LogP contribution in [0.3, 0.4) is 0 Å². The molecule has 1 aliphatic heterocycles. The van der Waals surface area contributed by atoms with Crippen LogP contribution in [0.4, 0.5) is 0 Å². The highest BCUT2D eigenvalue weighted by molar-refractivity contribution is 5.86. The number of amides is 2. The number of hydrogen-bond acceptors (Lipinski definition) is 5. The average molecular weight is 461 g/mol. The number of morpholine rings is 1. The molecule has 2 aliphatic carbocycles. The number of likely N-dealkylation sites (N-methyl/N-ethyl adjacent to an activating group) is 1. The minimum atomic E-state index is -0.535. The van der Waals surface area contributed by atoms with Crippen molar-refractivity contribution in [2.45, 2.75) is 96.1 Å². The van der Waals surface area contributed by atoms with Crippen LogP contribution >= 0.6 is 0 Å². The fourth-order valence-corrected chi connectivity index (χ4v) is 5.89. The van der Waals surface area contributed by atoms with Crippen molar-refractivity contribution < 1.29 is 14.3 Å². The molecule has 7 nitrogen and oxygen atoms in total. The monoisotopic (exact) mass is 460 g/mol. The number of ether oxygens (including phenoxy) is 1. The van der Waals surface area contributed by atoms with E-state index in [1.807, 2.05) is 4.90 Å². The molecule has 1 N–H and O–H groups in total. The van der Waals surface area contributed by atoms with Gasteiger partial charge in [-0.1, -0.05) is 58.3 Å². The molecule has 0 aromatic rings.